The molecule has 0 aliphatic carbocycles. The number of fused-ring (bicyclic) bond motifs is 1. The summed E-state index contributed by atoms with van der Waals surface area (Å²) in [4.78, 5) is 27.1. The second kappa shape index (κ2) is 7.83. The van der Waals surface area contributed by atoms with Crippen LogP contribution in [0.2, 0.25) is 0 Å². The zero-order chi connectivity index (χ0) is 20.4. The molecule has 29 heavy (non-hydrogen) atoms. The smallest absolute Gasteiger partial charge is 0.244 e. The van der Waals surface area contributed by atoms with Gasteiger partial charge in [-0.15, -0.1) is 0 Å². The number of carbonyl (C=O) groups excluding carboxylic acids is 2. The number of rotatable bonds is 3. The highest BCUT2D eigenvalue weighted by Gasteiger charge is 2.33. The van der Waals surface area contributed by atoms with Crippen molar-refractivity contribution in [3.63, 3.8) is 0 Å². The Kier molecular flexibility index (Phi) is 5.08. The molecule has 3 aromatic carbocycles. The second-order valence-corrected chi connectivity index (χ2v) is 6.92. The first kappa shape index (κ1) is 18.8. The van der Waals surface area contributed by atoms with E-state index in [1.807, 2.05) is 30.3 Å². The normalized spacial score (nSPS) is 16.0. The largest absolute Gasteiger partial charge is 0.324 e. The second-order valence-electron chi connectivity index (χ2n) is 6.92. The molecule has 1 aliphatic rings. The predicted molar refractivity (Wildman–Crippen MR) is 105 cm³/mol. The Morgan fingerprint density at radius 3 is 2.38 bits per heavy atom. The number of amides is 2. The minimum Gasteiger partial charge on any atom is -0.324 e. The highest BCUT2D eigenvalue weighted by molar-refractivity contribution is 5.97. The maximum atomic E-state index is 14.1. The SMILES string of the molecule is O=C1CN(C(=O)Cc2ccccc2)[C@H](c2ccc(F)cc2)c2cc(F)ccc2N1. The average Bonchev–Trinajstić information content (AvgIpc) is 2.85. The van der Waals surface area contributed by atoms with Gasteiger partial charge >= 0.3 is 0 Å². The molecular formula is C23H18F2N2O2. The third-order valence-electron chi connectivity index (χ3n) is 4.91. The first-order valence-electron chi connectivity index (χ1n) is 9.19. The van der Waals surface area contributed by atoms with Gasteiger partial charge in [0.15, 0.2) is 0 Å². The molecule has 1 atom stereocenters. The topological polar surface area (TPSA) is 49.4 Å². The van der Waals surface area contributed by atoms with Gasteiger partial charge in [-0.3, -0.25) is 9.59 Å². The Hall–Kier alpha value is -3.54. The Morgan fingerprint density at radius 2 is 1.66 bits per heavy atom. The van der Waals surface area contributed by atoms with Gasteiger partial charge in [0.1, 0.15) is 18.2 Å². The van der Waals surface area contributed by atoms with Gasteiger partial charge in [0.25, 0.3) is 0 Å². The molecule has 0 bridgehead atoms. The summed E-state index contributed by atoms with van der Waals surface area (Å²) in [6.07, 6.45) is 0.0937. The monoisotopic (exact) mass is 392 g/mol. The van der Waals surface area contributed by atoms with E-state index in [4.69, 9.17) is 0 Å². The molecule has 146 valence electrons. The van der Waals surface area contributed by atoms with E-state index in [-0.39, 0.29) is 24.8 Å². The average molecular weight is 392 g/mol. The molecular weight excluding hydrogens is 374 g/mol. The van der Waals surface area contributed by atoms with Crippen molar-refractivity contribution in [3.05, 3.63) is 101 Å². The van der Waals surface area contributed by atoms with Crippen LogP contribution in [-0.4, -0.2) is 23.3 Å². The van der Waals surface area contributed by atoms with Crippen LogP contribution in [0, 0.1) is 11.6 Å². The summed E-state index contributed by atoms with van der Waals surface area (Å²) in [5.41, 5.74) is 2.28. The quantitative estimate of drug-likeness (QED) is 0.730. The molecule has 6 heteroatoms. The number of benzene rings is 3. The molecule has 0 saturated carbocycles. The highest BCUT2D eigenvalue weighted by atomic mass is 19.1. The molecule has 0 spiro atoms. The first-order valence-corrected chi connectivity index (χ1v) is 9.19. The fraction of sp³-hybridized carbons (Fsp3) is 0.130. The fourth-order valence-electron chi connectivity index (χ4n) is 3.59. The third kappa shape index (κ3) is 4.01. The van der Waals surface area contributed by atoms with Gasteiger partial charge in [-0.1, -0.05) is 42.5 Å². The first-order chi connectivity index (χ1) is 14.0. The van der Waals surface area contributed by atoms with Crippen LogP contribution in [0.5, 0.6) is 0 Å². The zero-order valence-electron chi connectivity index (χ0n) is 15.4. The van der Waals surface area contributed by atoms with Crippen LogP contribution < -0.4 is 5.32 Å². The minimum atomic E-state index is -0.725. The van der Waals surface area contributed by atoms with Crippen LogP contribution in [0.25, 0.3) is 0 Å². The molecule has 0 radical (unpaired) electrons. The van der Waals surface area contributed by atoms with Gasteiger partial charge in [-0.25, -0.2) is 8.78 Å². The zero-order valence-corrected chi connectivity index (χ0v) is 15.4. The molecule has 0 aromatic heterocycles. The number of hydrogen-bond donors (Lipinski definition) is 1. The maximum absolute atomic E-state index is 14.1. The lowest BCUT2D eigenvalue weighted by Crippen LogP contribution is -2.39. The highest BCUT2D eigenvalue weighted by Crippen LogP contribution is 2.36. The van der Waals surface area contributed by atoms with Gasteiger partial charge in [-0.2, -0.15) is 0 Å². The van der Waals surface area contributed by atoms with E-state index in [0.717, 1.165) is 5.56 Å². The lowest BCUT2D eigenvalue weighted by atomic mass is 9.95. The van der Waals surface area contributed by atoms with E-state index >= 15 is 0 Å². The van der Waals surface area contributed by atoms with Gasteiger partial charge < -0.3 is 10.2 Å². The molecule has 0 unspecified atom stereocenters. The van der Waals surface area contributed by atoms with Gasteiger partial charge in [-0.05, 0) is 41.5 Å². The molecule has 0 saturated heterocycles. The minimum absolute atomic E-state index is 0.0937. The number of nitrogens with one attached hydrogen (secondary N) is 1. The van der Waals surface area contributed by atoms with Gasteiger partial charge in [0.2, 0.25) is 11.8 Å². The lowest BCUT2D eigenvalue weighted by molar-refractivity contribution is -0.135. The standard InChI is InChI=1S/C23H18F2N2O2/c24-17-8-6-16(7-9-17)23-19-13-18(25)10-11-20(19)26-21(28)14-27(23)22(29)12-15-4-2-1-3-5-15/h1-11,13,23H,12,14H2,(H,26,28)/t23-/m1/s1. The molecule has 2 amide bonds. The predicted octanol–water partition coefficient (Wildman–Crippen LogP) is 4.08. The van der Waals surface area contributed by atoms with E-state index < -0.39 is 17.7 Å². The molecule has 4 nitrogen and oxygen atoms in total. The van der Waals surface area contributed by atoms with Crippen molar-refractivity contribution in [1.29, 1.82) is 0 Å². The van der Waals surface area contributed by atoms with Crippen LogP contribution in [0.15, 0.2) is 72.8 Å². The van der Waals surface area contributed by atoms with Gasteiger partial charge in [0, 0.05) is 11.3 Å². The summed E-state index contributed by atoms with van der Waals surface area (Å²) >= 11 is 0. The summed E-state index contributed by atoms with van der Waals surface area (Å²) in [5.74, 6) is -1.55. The summed E-state index contributed by atoms with van der Waals surface area (Å²) in [7, 11) is 0. The van der Waals surface area contributed by atoms with Crippen molar-refractivity contribution in [2.45, 2.75) is 12.5 Å². The van der Waals surface area contributed by atoms with E-state index in [1.54, 1.807) is 12.1 Å². The number of hydrogen-bond acceptors (Lipinski definition) is 2. The third-order valence-corrected chi connectivity index (χ3v) is 4.91. The van der Waals surface area contributed by atoms with Crippen molar-refractivity contribution in [2.24, 2.45) is 0 Å². The lowest BCUT2D eigenvalue weighted by Gasteiger charge is -2.30. The Bertz CT molecular complexity index is 1050. The van der Waals surface area contributed by atoms with E-state index in [0.29, 0.717) is 16.8 Å². The Balaban J connectivity index is 1.81. The van der Waals surface area contributed by atoms with Crippen molar-refractivity contribution < 1.29 is 18.4 Å². The molecule has 0 fully saturated rings. The molecule has 1 heterocycles. The van der Waals surface area contributed by atoms with Crippen LogP contribution >= 0.6 is 0 Å². The van der Waals surface area contributed by atoms with Crippen molar-refractivity contribution in [3.8, 4) is 0 Å². The van der Waals surface area contributed by atoms with Crippen LogP contribution in [0.3, 0.4) is 0 Å². The van der Waals surface area contributed by atoms with Crippen molar-refractivity contribution >= 4 is 17.5 Å². The van der Waals surface area contributed by atoms with Crippen LogP contribution in [0.1, 0.15) is 22.7 Å². The summed E-state index contributed by atoms with van der Waals surface area (Å²) < 4.78 is 27.6. The van der Waals surface area contributed by atoms with Crippen molar-refractivity contribution in [1.82, 2.24) is 4.90 Å². The number of nitrogens with zero attached hydrogens (tertiary/aromatic N) is 1. The van der Waals surface area contributed by atoms with E-state index in [9.17, 15) is 18.4 Å². The summed E-state index contributed by atoms with van der Waals surface area (Å²) in [6, 6.07) is 18.2. The maximum Gasteiger partial charge on any atom is 0.244 e. The molecule has 1 N–H and O–H groups in total. The van der Waals surface area contributed by atoms with E-state index in [1.165, 1.54) is 35.2 Å². The Labute approximate surface area is 166 Å². The fourth-order valence-corrected chi connectivity index (χ4v) is 3.59. The van der Waals surface area contributed by atoms with E-state index in [2.05, 4.69) is 5.32 Å². The van der Waals surface area contributed by atoms with Gasteiger partial charge in [0.05, 0.1) is 12.5 Å². The van der Waals surface area contributed by atoms with Crippen LogP contribution in [-0.2, 0) is 16.0 Å². The van der Waals surface area contributed by atoms with Crippen molar-refractivity contribution in [2.75, 3.05) is 11.9 Å². The number of carbonyl (C=O) groups is 2. The Morgan fingerprint density at radius 1 is 0.966 bits per heavy atom. The summed E-state index contributed by atoms with van der Waals surface area (Å²) in [6.45, 7) is -0.190. The summed E-state index contributed by atoms with van der Waals surface area (Å²) in [5, 5.41) is 2.74. The number of anilines is 1. The molecule has 1 aliphatic heterocycles. The van der Waals surface area contributed by atoms with Crippen LogP contribution in [0.4, 0.5) is 14.5 Å². The number of halogens is 2. The molecule has 3 aromatic rings. The molecule has 4 rings (SSSR count).